The third-order valence-corrected chi connectivity index (χ3v) is 4.77. The number of nitrogens with one attached hydrogen (secondary N) is 1. The molecule has 2 heterocycles. The van der Waals surface area contributed by atoms with Gasteiger partial charge in [0.15, 0.2) is 6.04 Å². The number of carbonyl (C=O) groups is 2. The first-order valence-electron chi connectivity index (χ1n) is 7.83. The Labute approximate surface area is 133 Å². The Hall–Kier alpha value is -2.63. The molecular weight excluding hydrogens is 294 g/mol. The molecule has 1 aliphatic heterocycles. The number of fused-ring (bicyclic) bond motifs is 2. The number of rotatable bonds is 2. The molecule has 0 radical (unpaired) electrons. The maximum atomic E-state index is 12.9. The van der Waals surface area contributed by atoms with E-state index < -0.39 is 12.0 Å². The van der Waals surface area contributed by atoms with Crippen molar-refractivity contribution in [1.29, 1.82) is 0 Å². The molecule has 1 aromatic heterocycles. The van der Waals surface area contributed by atoms with E-state index in [1.54, 1.807) is 0 Å². The molecule has 23 heavy (non-hydrogen) atoms. The molecule has 1 aliphatic carbocycles. The molecule has 4 rings (SSSR count). The maximum absolute atomic E-state index is 12.9. The predicted molar refractivity (Wildman–Crippen MR) is 82.2 cm³/mol. The monoisotopic (exact) mass is 311 g/mol. The van der Waals surface area contributed by atoms with E-state index in [0.717, 1.165) is 25.0 Å². The highest BCUT2D eigenvalue weighted by Gasteiger charge is 2.38. The van der Waals surface area contributed by atoms with Gasteiger partial charge < -0.3 is 15.0 Å². The van der Waals surface area contributed by atoms with Crippen LogP contribution in [-0.4, -0.2) is 38.4 Å². The fourth-order valence-corrected chi connectivity index (χ4v) is 3.62. The van der Waals surface area contributed by atoms with Crippen LogP contribution in [0.4, 0.5) is 0 Å². The number of hydrogen-bond acceptors (Lipinski definition) is 3. The van der Waals surface area contributed by atoms with Gasteiger partial charge in [-0.3, -0.25) is 4.79 Å². The molecule has 0 saturated heterocycles. The van der Waals surface area contributed by atoms with Crippen LogP contribution in [0.15, 0.2) is 24.5 Å². The summed E-state index contributed by atoms with van der Waals surface area (Å²) in [6.07, 6.45) is 5.25. The minimum Gasteiger partial charge on any atom is -0.479 e. The third kappa shape index (κ3) is 2.21. The molecular formula is C17H17N3O3. The van der Waals surface area contributed by atoms with Gasteiger partial charge in [0.2, 0.25) is 0 Å². The number of aromatic amines is 1. The van der Waals surface area contributed by atoms with Crippen LogP contribution < -0.4 is 0 Å². The van der Waals surface area contributed by atoms with Crippen molar-refractivity contribution in [2.45, 2.75) is 31.7 Å². The maximum Gasteiger partial charge on any atom is 0.332 e. The van der Waals surface area contributed by atoms with Crippen molar-refractivity contribution in [3.05, 3.63) is 52.6 Å². The summed E-state index contributed by atoms with van der Waals surface area (Å²) in [6, 6.07) is 4.70. The van der Waals surface area contributed by atoms with Crippen molar-refractivity contribution >= 4 is 11.9 Å². The van der Waals surface area contributed by atoms with Crippen molar-refractivity contribution in [1.82, 2.24) is 14.9 Å². The first-order chi connectivity index (χ1) is 11.1. The predicted octanol–water partition coefficient (Wildman–Crippen LogP) is 1.72. The van der Waals surface area contributed by atoms with Crippen LogP contribution >= 0.6 is 0 Å². The molecule has 0 fully saturated rings. The second kappa shape index (κ2) is 5.22. The van der Waals surface area contributed by atoms with Gasteiger partial charge in [0.25, 0.3) is 5.91 Å². The number of aryl methyl sites for hydroxylation is 2. The molecule has 2 aromatic rings. The van der Waals surface area contributed by atoms with E-state index in [9.17, 15) is 14.7 Å². The summed E-state index contributed by atoms with van der Waals surface area (Å²) in [6.45, 7) is 0.377. The molecule has 118 valence electrons. The number of amides is 1. The van der Waals surface area contributed by atoms with Gasteiger partial charge in [-0.25, -0.2) is 9.78 Å². The Bertz CT molecular complexity index is 796. The number of carboxylic acid groups (broad SMARTS) is 1. The largest absolute Gasteiger partial charge is 0.479 e. The Balaban J connectivity index is 1.69. The number of imidazole rings is 1. The quantitative estimate of drug-likeness (QED) is 0.884. The van der Waals surface area contributed by atoms with E-state index in [-0.39, 0.29) is 5.91 Å². The normalized spacial score (nSPS) is 19.3. The summed E-state index contributed by atoms with van der Waals surface area (Å²) in [5.74, 6) is -1.28. The van der Waals surface area contributed by atoms with Crippen molar-refractivity contribution < 1.29 is 14.7 Å². The number of benzene rings is 1. The smallest absolute Gasteiger partial charge is 0.332 e. The summed E-state index contributed by atoms with van der Waals surface area (Å²) in [7, 11) is 0. The Morgan fingerprint density at radius 2 is 2.04 bits per heavy atom. The first-order valence-corrected chi connectivity index (χ1v) is 7.83. The van der Waals surface area contributed by atoms with Crippen LogP contribution in [0.3, 0.4) is 0 Å². The highest BCUT2D eigenvalue weighted by molar-refractivity contribution is 5.97. The van der Waals surface area contributed by atoms with Crippen LogP contribution in [0, 0.1) is 0 Å². The third-order valence-electron chi connectivity index (χ3n) is 4.77. The van der Waals surface area contributed by atoms with Gasteiger partial charge in [0.05, 0.1) is 12.0 Å². The number of carbonyl (C=O) groups excluding carboxylic acids is 1. The van der Waals surface area contributed by atoms with E-state index in [1.807, 2.05) is 18.2 Å². The molecule has 1 amide bonds. The number of hydrogen-bond donors (Lipinski definition) is 2. The van der Waals surface area contributed by atoms with Gasteiger partial charge in [-0.05, 0) is 42.5 Å². The number of H-pyrrole nitrogens is 1. The van der Waals surface area contributed by atoms with E-state index in [4.69, 9.17) is 0 Å². The van der Waals surface area contributed by atoms with E-state index >= 15 is 0 Å². The van der Waals surface area contributed by atoms with Gasteiger partial charge in [-0.1, -0.05) is 6.07 Å². The summed E-state index contributed by atoms with van der Waals surface area (Å²) < 4.78 is 0. The Morgan fingerprint density at radius 1 is 1.22 bits per heavy atom. The summed E-state index contributed by atoms with van der Waals surface area (Å²) in [4.78, 5) is 33.1. The van der Waals surface area contributed by atoms with Crippen LogP contribution in [0.2, 0.25) is 0 Å². The summed E-state index contributed by atoms with van der Waals surface area (Å²) in [5.41, 5.74) is 4.31. The van der Waals surface area contributed by atoms with Gasteiger partial charge in [0, 0.05) is 24.2 Å². The first kappa shape index (κ1) is 14.0. The van der Waals surface area contributed by atoms with Crippen LogP contribution in [-0.2, 0) is 24.1 Å². The zero-order valence-electron chi connectivity index (χ0n) is 12.6. The van der Waals surface area contributed by atoms with E-state index in [2.05, 4.69) is 9.97 Å². The standard InChI is InChI=1S/C17H17N3O3/c21-16(12-5-4-10-2-1-3-11(10)8-12)20-7-6-13-14(19-9-18-13)15(20)17(22)23/h4-5,8-9,15H,1-3,6-7H2,(H,18,19)(H,22,23). The SMILES string of the molecule is O=C(O)C1c2nc[nH]c2CCN1C(=O)c1ccc2c(c1)CCC2. The second-order valence-corrected chi connectivity index (χ2v) is 6.09. The van der Waals surface area contributed by atoms with Crippen molar-refractivity contribution in [2.24, 2.45) is 0 Å². The van der Waals surface area contributed by atoms with Crippen LogP contribution in [0.5, 0.6) is 0 Å². The Kier molecular flexibility index (Phi) is 3.18. The van der Waals surface area contributed by atoms with E-state index in [0.29, 0.717) is 24.2 Å². The average Bonchev–Trinajstić information content (AvgIpc) is 3.20. The fraction of sp³-hybridized carbons (Fsp3) is 0.353. The number of aliphatic carboxylic acids is 1. The lowest BCUT2D eigenvalue weighted by Gasteiger charge is -2.32. The van der Waals surface area contributed by atoms with Crippen molar-refractivity contribution in [3.8, 4) is 0 Å². The van der Waals surface area contributed by atoms with Gasteiger partial charge in [0.1, 0.15) is 0 Å². The second-order valence-electron chi connectivity index (χ2n) is 6.09. The summed E-state index contributed by atoms with van der Waals surface area (Å²) >= 11 is 0. The topological polar surface area (TPSA) is 86.3 Å². The lowest BCUT2D eigenvalue weighted by Crippen LogP contribution is -2.43. The molecule has 1 atom stereocenters. The van der Waals surface area contributed by atoms with Gasteiger partial charge in [-0.15, -0.1) is 0 Å². The molecule has 0 bridgehead atoms. The zero-order chi connectivity index (χ0) is 16.0. The fourth-order valence-electron chi connectivity index (χ4n) is 3.62. The lowest BCUT2D eigenvalue weighted by atomic mass is 10.00. The molecule has 1 unspecified atom stereocenters. The molecule has 6 nitrogen and oxygen atoms in total. The molecule has 2 aliphatic rings. The Morgan fingerprint density at radius 3 is 2.87 bits per heavy atom. The lowest BCUT2D eigenvalue weighted by molar-refractivity contribution is -0.143. The zero-order valence-corrected chi connectivity index (χ0v) is 12.6. The van der Waals surface area contributed by atoms with E-state index in [1.165, 1.54) is 22.4 Å². The minimum atomic E-state index is -1.05. The van der Waals surface area contributed by atoms with Gasteiger partial charge >= 0.3 is 5.97 Å². The molecule has 2 N–H and O–H groups in total. The van der Waals surface area contributed by atoms with Crippen molar-refractivity contribution in [2.75, 3.05) is 6.54 Å². The molecule has 6 heteroatoms. The molecule has 1 aromatic carbocycles. The average molecular weight is 311 g/mol. The highest BCUT2D eigenvalue weighted by Crippen LogP contribution is 2.30. The number of nitrogens with zero attached hydrogens (tertiary/aromatic N) is 2. The van der Waals surface area contributed by atoms with Crippen LogP contribution in [0.25, 0.3) is 0 Å². The van der Waals surface area contributed by atoms with Gasteiger partial charge in [-0.2, -0.15) is 0 Å². The minimum absolute atomic E-state index is 0.235. The number of aromatic nitrogens is 2. The summed E-state index contributed by atoms with van der Waals surface area (Å²) in [5, 5.41) is 9.58. The molecule has 0 saturated carbocycles. The van der Waals surface area contributed by atoms with Crippen LogP contribution in [0.1, 0.15) is 45.3 Å². The molecule has 0 spiro atoms. The van der Waals surface area contributed by atoms with Crippen molar-refractivity contribution in [3.63, 3.8) is 0 Å². The number of carboxylic acids is 1. The highest BCUT2D eigenvalue weighted by atomic mass is 16.4.